The number of hydrogen-bond acceptors (Lipinski definition) is 17. The molecule has 1 spiro atoms. The number of nitrogens with one attached hydrogen (secondary N) is 2. The van der Waals surface area contributed by atoms with Crippen molar-refractivity contribution >= 4 is 97.4 Å². The van der Waals surface area contributed by atoms with Gasteiger partial charge in [-0.3, -0.25) is 48.7 Å². The van der Waals surface area contributed by atoms with Crippen LogP contribution < -0.4 is 30.8 Å². The van der Waals surface area contributed by atoms with Crippen molar-refractivity contribution in [2.45, 2.75) is 31.9 Å². The van der Waals surface area contributed by atoms with E-state index >= 15 is 0 Å². The van der Waals surface area contributed by atoms with Crippen molar-refractivity contribution in [2.75, 3.05) is 48.5 Å². The molecule has 2 aliphatic heterocycles. The number of nitro benzene ring substituents is 2. The predicted molar refractivity (Wildman–Crippen MR) is 269 cm³/mol. The van der Waals surface area contributed by atoms with Crippen molar-refractivity contribution in [3.8, 4) is 0 Å². The Morgan fingerprint density at radius 1 is 0.645 bits per heavy atom. The maximum Gasteiger partial charge on any atom is 0.414 e. The van der Waals surface area contributed by atoms with E-state index in [4.69, 9.17) is 23.3 Å². The third-order valence-corrected chi connectivity index (χ3v) is 17.6. The Bertz CT molecular complexity index is 3370. The number of aromatic carboxylic acids is 1. The quantitative estimate of drug-likeness (QED) is 0.0222. The molecule has 0 atom stereocenters. The van der Waals surface area contributed by atoms with Crippen LogP contribution in [0.4, 0.5) is 32.3 Å². The molecule has 0 saturated carbocycles. The maximum atomic E-state index is 13.8. The number of rotatable bonds is 17. The van der Waals surface area contributed by atoms with E-state index in [1.54, 1.807) is 24.3 Å². The van der Waals surface area contributed by atoms with Gasteiger partial charge in [-0.15, -0.1) is 0 Å². The molecule has 29 heteroatoms. The number of amides is 4. The highest BCUT2D eigenvalue weighted by Crippen LogP contribution is 2.50. The molecule has 5 N–H and O–H groups in total. The number of carbonyl (C=O) groups excluding carboxylic acids is 5. The van der Waals surface area contributed by atoms with Gasteiger partial charge < -0.3 is 30.0 Å². The Kier molecular flexibility index (Phi) is 15.2. The fraction of sp³-hybridized carbons (Fsp3) is 0.234. The average molecular weight is 1110 g/mol. The lowest BCUT2D eigenvalue weighted by Crippen LogP contribution is -2.63. The van der Waals surface area contributed by atoms with Crippen molar-refractivity contribution in [1.29, 1.82) is 0 Å². The molecule has 4 amide bonds. The summed E-state index contributed by atoms with van der Waals surface area (Å²) in [6, 6.07) is 19.8. The molecule has 0 aliphatic carbocycles. The van der Waals surface area contributed by atoms with Crippen LogP contribution in [0.15, 0.2) is 91.0 Å². The van der Waals surface area contributed by atoms with Crippen LogP contribution in [0.3, 0.4) is 0 Å². The highest BCUT2D eigenvalue weighted by Gasteiger charge is 2.56. The van der Waals surface area contributed by atoms with Crippen LogP contribution in [-0.2, 0) is 53.3 Å². The van der Waals surface area contributed by atoms with Crippen molar-refractivity contribution in [3.63, 3.8) is 0 Å². The lowest BCUT2D eigenvalue weighted by atomic mass is 9.78. The number of anilines is 2. The lowest BCUT2D eigenvalue weighted by molar-refractivity contribution is -0.386. The first-order chi connectivity index (χ1) is 35.5. The first kappa shape index (κ1) is 55.1. The van der Waals surface area contributed by atoms with Gasteiger partial charge >= 0.3 is 24.1 Å². The van der Waals surface area contributed by atoms with Crippen LogP contribution >= 0.6 is 0 Å². The number of nitrogens with zero attached hydrogens (tertiary/aromatic N) is 4. The molecular weight excluding hydrogens is 1060 g/mol. The second-order valence-electron chi connectivity index (χ2n) is 17.7. The highest BCUT2D eigenvalue weighted by atomic mass is 32.2. The summed E-state index contributed by atoms with van der Waals surface area (Å²) in [6.07, 6.45) is -2.05. The predicted octanol–water partition coefficient (Wildman–Crippen LogP) is 3.58. The van der Waals surface area contributed by atoms with E-state index in [9.17, 15) is 70.9 Å². The molecule has 2 aliphatic rings. The minimum absolute atomic E-state index is 0.0558. The van der Waals surface area contributed by atoms with Gasteiger partial charge in [0.2, 0.25) is 0 Å². The Labute approximate surface area is 432 Å². The minimum Gasteiger partial charge on any atom is -0.478 e. The molecule has 7 rings (SSSR count). The number of hydrogen-bond donors (Lipinski definition) is 5. The van der Waals surface area contributed by atoms with Crippen LogP contribution in [0.2, 0.25) is 13.1 Å². The first-order valence-corrected chi connectivity index (χ1v) is 28.5. The molecule has 0 fully saturated rings. The van der Waals surface area contributed by atoms with Crippen molar-refractivity contribution in [2.24, 2.45) is 0 Å². The van der Waals surface area contributed by atoms with Crippen LogP contribution in [-0.4, -0.2) is 124 Å². The molecule has 0 radical (unpaired) electrons. The van der Waals surface area contributed by atoms with Crippen LogP contribution in [0.1, 0.15) is 69.2 Å². The summed E-state index contributed by atoms with van der Waals surface area (Å²) in [5.41, 5.74) is -2.23. The number of carboxylic acids is 1. The molecule has 0 unspecified atom stereocenters. The Morgan fingerprint density at radius 3 is 1.46 bits per heavy atom. The normalized spacial score (nSPS) is 13.7. The van der Waals surface area contributed by atoms with Gasteiger partial charge in [-0.05, 0) is 77.1 Å². The zero-order valence-electron chi connectivity index (χ0n) is 40.3. The number of fused-ring (bicyclic) bond motifs is 6. The molecule has 0 bridgehead atoms. The van der Waals surface area contributed by atoms with Gasteiger partial charge in [-0.2, -0.15) is 16.8 Å². The number of carboxylic acid groups (broad SMARTS) is 1. The van der Waals surface area contributed by atoms with E-state index < -0.39 is 129 Å². The van der Waals surface area contributed by atoms with E-state index in [2.05, 4.69) is 10.6 Å². The maximum absolute atomic E-state index is 13.8. The van der Waals surface area contributed by atoms with Gasteiger partial charge in [0.1, 0.15) is 21.3 Å². The van der Waals surface area contributed by atoms with Crippen LogP contribution in [0, 0.1) is 20.2 Å². The summed E-state index contributed by atoms with van der Waals surface area (Å²) in [7, 11) is -9.31. The Morgan fingerprint density at radius 2 is 1.07 bits per heavy atom. The SMILES string of the molecule is CN(C(=O)OCc1cc(C(=O)NCCS(=O)(=O)O)ccc1[N+](=O)[O-])c1ccc2c(c1)[Si](C)(C)c1cc(N(C)C(=O)OCc3cc(C(=O)NCCS(=O)(=O)O)ccc3[N+](=O)[O-])ccc1C21OC(=O)c2ccc(C(=O)O)cc21. The molecule has 5 aromatic carbocycles. The van der Waals surface area contributed by atoms with E-state index in [1.165, 1.54) is 44.4 Å². The van der Waals surface area contributed by atoms with Crippen molar-refractivity contribution in [1.82, 2.24) is 10.6 Å². The number of carbonyl (C=O) groups is 6. The van der Waals surface area contributed by atoms with Gasteiger partial charge in [-0.1, -0.05) is 25.2 Å². The van der Waals surface area contributed by atoms with Gasteiger partial charge in [0.25, 0.3) is 43.4 Å². The lowest BCUT2D eigenvalue weighted by Gasteiger charge is -2.44. The fourth-order valence-corrected chi connectivity index (χ4v) is 12.6. The molecule has 26 nitrogen and oxygen atoms in total. The zero-order chi connectivity index (χ0) is 55.8. The van der Waals surface area contributed by atoms with Gasteiger partial charge in [-0.25, -0.2) is 19.2 Å². The first-order valence-electron chi connectivity index (χ1n) is 22.3. The Balaban J connectivity index is 1.21. The van der Waals surface area contributed by atoms with Crippen molar-refractivity contribution in [3.05, 3.63) is 161 Å². The molecular formula is C47H44N6O20S2Si. The summed E-state index contributed by atoms with van der Waals surface area (Å²) < 4.78 is 79.7. The summed E-state index contributed by atoms with van der Waals surface area (Å²) in [4.78, 5) is 104. The monoisotopic (exact) mass is 1100 g/mol. The second-order valence-corrected chi connectivity index (χ2v) is 25.2. The highest BCUT2D eigenvalue weighted by molar-refractivity contribution is 7.86. The fourth-order valence-electron chi connectivity index (χ4n) is 8.73. The largest absolute Gasteiger partial charge is 0.478 e. The molecule has 76 heavy (non-hydrogen) atoms. The molecule has 398 valence electrons. The molecule has 0 saturated heterocycles. The molecule has 5 aromatic rings. The number of esters is 1. The van der Waals surface area contributed by atoms with E-state index in [0.29, 0.717) is 21.5 Å². The zero-order valence-corrected chi connectivity index (χ0v) is 42.9. The van der Waals surface area contributed by atoms with Gasteiger partial charge in [0.15, 0.2) is 5.60 Å². The van der Waals surface area contributed by atoms with E-state index in [1.807, 2.05) is 13.1 Å². The average Bonchev–Trinajstić information content (AvgIpc) is 3.73. The Hall–Kier alpha value is -8.64. The summed E-state index contributed by atoms with van der Waals surface area (Å²) in [6.45, 7) is 1.46. The summed E-state index contributed by atoms with van der Waals surface area (Å²) in [5.74, 6) is -5.37. The number of benzene rings is 5. The topological polar surface area (TPSA) is 376 Å². The third kappa shape index (κ3) is 11.2. The minimum atomic E-state index is -4.41. The number of nitro groups is 2. The summed E-state index contributed by atoms with van der Waals surface area (Å²) >= 11 is 0. The van der Waals surface area contributed by atoms with Crippen molar-refractivity contribution < 1.29 is 83.9 Å². The molecule has 0 aromatic heterocycles. The molecule has 2 heterocycles. The summed E-state index contributed by atoms with van der Waals surface area (Å²) in [5, 5.41) is 39.6. The van der Waals surface area contributed by atoms with Gasteiger partial charge in [0, 0.05) is 78.5 Å². The van der Waals surface area contributed by atoms with E-state index in [-0.39, 0.29) is 50.3 Å². The van der Waals surface area contributed by atoms with Gasteiger partial charge in [0.05, 0.1) is 43.6 Å². The third-order valence-electron chi connectivity index (χ3n) is 12.6. The van der Waals surface area contributed by atoms with Crippen LogP contribution in [0.5, 0.6) is 0 Å². The second kappa shape index (κ2) is 20.9. The van der Waals surface area contributed by atoms with Crippen LogP contribution in [0.25, 0.3) is 0 Å². The van der Waals surface area contributed by atoms with E-state index in [0.717, 1.165) is 46.2 Å². The standard InChI is InChI=1S/C47H44N6O20S2Si/c1-50(45(59)71-24-29-19-26(6-13-37(29)52(61)62)41(54)48-15-17-74(65,66)67)31-8-11-34-39(22-31)76(3,4)40-23-32(9-12-35(40)47(34)36-21-28(43(56)57)5-10-33(36)44(58)73-47)51(2)46(60)72-25-30-20-27(7-14-38(30)53(63)64)42(55)49-16-18-75(68,69)70/h5-14,19-23H,15-18,24-25H2,1-4H3,(H,48,54)(H,49,55)(H,56,57)(H,65,66,67)(H,68,69,70). The smallest absolute Gasteiger partial charge is 0.414 e. The number of ether oxygens (including phenoxy) is 3.